The monoisotopic (exact) mass is 265 g/mol. The lowest BCUT2D eigenvalue weighted by atomic mass is 9.97. The minimum absolute atomic E-state index is 0.0789. The molecule has 1 aromatic rings. The lowest BCUT2D eigenvalue weighted by Gasteiger charge is -2.12. The minimum Gasteiger partial charge on any atom is -0.294 e. The van der Waals surface area contributed by atoms with E-state index in [1.54, 1.807) is 6.07 Å². The Labute approximate surface area is 111 Å². The summed E-state index contributed by atoms with van der Waals surface area (Å²) in [5.74, 6) is 0.200. The molecule has 0 aromatic carbocycles. The lowest BCUT2D eigenvalue weighted by Crippen LogP contribution is -2.15. The van der Waals surface area contributed by atoms with Crippen LogP contribution in [-0.2, 0) is 4.79 Å². The number of allylic oxidation sites excluding steroid dienone is 1. The van der Waals surface area contributed by atoms with Gasteiger partial charge in [0.1, 0.15) is 5.15 Å². The van der Waals surface area contributed by atoms with Gasteiger partial charge >= 0.3 is 0 Å². The molecule has 0 atom stereocenters. The quantitative estimate of drug-likeness (QED) is 0.674. The van der Waals surface area contributed by atoms with Crippen molar-refractivity contribution in [2.75, 3.05) is 5.32 Å². The highest BCUT2D eigenvalue weighted by Gasteiger charge is 2.10. The van der Waals surface area contributed by atoms with Crippen LogP contribution >= 0.6 is 11.6 Å². The number of carbonyl (C=O) groups excluding carboxylic acids is 1. The van der Waals surface area contributed by atoms with Crippen molar-refractivity contribution in [2.45, 2.75) is 39.0 Å². The van der Waals surface area contributed by atoms with Crippen LogP contribution in [0.3, 0.4) is 0 Å². The van der Waals surface area contributed by atoms with E-state index in [1.807, 2.05) is 6.92 Å². The number of amides is 1. The highest BCUT2D eigenvalue weighted by atomic mass is 35.5. The van der Waals surface area contributed by atoms with Crippen molar-refractivity contribution in [3.05, 3.63) is 28.6 Å². The first kappa shape index (κ1) is 13.0. The second kappa shape index (κ2) is 5.96. The summed E-state index contributed by atoms with van der Waals surface area (Å²) in [4.78, 5) is 19.9. The first-order valence-electron chi connectivity index (χ1n) is 6.12. The molecule has 0 radical (unpaired) electrons. The van der Waals surface area contributed by atoms with Gasteiger partial charge in [-0.25, -0.2) is 9.97 Å². The van der Waals surface area contributed by atoms with Crippen LogP contribution in [0.2, 0.25) is 5.15 Å². The van der Waals surface area contributed by atoms with Gasteiger partial charge < -0.3 is 0 Å². The molecule has 18 heavy (non-hydrogen) atoms. The summed E-state index contributed by atoms with van der Waals surface area (Å²) in [7, 11) is 0. The Morgan fingerprint density at radius 3 is 2.94 bits per heavy atom. The molecule has 96 valence electrons. The van der Waals surface area contributed by atoms with Crippen molar-refractivity contribution < 1.29 is 4.79 Å². The van der Waals surface area contributed by atoms with Gasteiger partial charge in [0, 0.05) is 12.1 Å². The number of aryl methyl sites for hydroxylation is 1. The fourth-order valence-corrected chi connectivity index (χ4v) is 2.26. The summed E-state index contributed by atoms with van der Waals surface area (Å²) in [6.45, 7) is 1.81. The molecule has 2 rings (SSSR count). The maximum absolute atomic E-state index is 11.8. The summed E-state index contributed by atoms with van der Waals surface area (Å²) in [6.07, 6.45) is 7.08. The van der Waals surface area contributed by atoms with Crippen LogP contribution < -0.4 is 5.32 Å². The Balaban J connectivity index is 1.96. The predicted octanol–water partition coefficient (Wildman–Crippen LogP) is 3.27. The first-order chi connectivity index (χ1) is 8.63. The number of hydrogen-bond donors (Lipinski definition) is 1. The smallest absolute Gasteiger partial charge is 0.231 e. The van der Waals surface area contributed by atoms with E-state index in [9.17, 15) is 4.79 Å². The summed E-state index contributed by atoms with van der Waals surface area (Å²) >= 11 is 5.81. The van der Waals surface area contributed by atoms with Crippen molar-refractivity contribution in [1.82, 2.24) is 9.97 Å². The molecule has 4 nitrogen and oxygen atoms in total. The third-order valence-electron chi connectivity index (χ3n) is 2.85. The zero-order valence-corrected chi connectivity index (χ0v) is 11.1. The van der Waals surface area contributed by atoms with Crippen molar-refractivity contribution in [1.29, 1.82) is 0 Å². The largest absolute Gasteiger partial charge is 0.294 e. The molecule has 1 aromatic heterocycles. The van der Waals surface area contributed by atoms with Crippen LogP contribution in [0.15, 0.2) is 17.7 Å². The number of carbonyl (C=O) groups is 1. The maximum Gasteiger partial charge on any atom is 0.231 e. The molecule has 0 aliphatic heterocycles. The van der Waals surface area contributed by atoms with Gasteiger partial charge in [-0.2, -0.15) is 0 Å². The topological polar surface area (TPSA) is 54.9 Å². The summed E-state index contributed by atoms with van der Waals surface area (Å²) < 4.78 is 0. The second-order valence-corrected chi connectivity index (χ2v) is 4.88. The van der Waals surface area contributed by atoms with Crippen LogP contribution in [-0.4, -0.2) is 15.9 Å². The Bertz CT molecular complexity index is 465. The molecule has 0 saturated heterocycles. The number of anilines is 1. The Morgan fingerprint density at radius 1 is 1.44 bits per heavy atom. The number of nitrogens with zero attached hydrogens (tertiary/aromatic N) is 2. The standard InChI is InChI=1S/C13H16ClN3O/c1-9-7-11(14)16-13(15-9)17-12(18)8-10-5-3-2-4-6-10/h5,7H,2-4,6,8H2,1H3,(H,15,16,17,18). The van der Waals surface area contributed by atoms with Gasteiger partial charge in [0.15, 0.2) is 0 Å². The molecule has 5 heteroatoms. The van der Waals surface area contributed by atoms with Crippen LogP contribution in [0, 0.1) is 6.92 Å². The maximum atomic E-state index is 11.8. The van der Waals surface area contributed by atoms with E-state index in [0.29, 0.717) is 11.6 Å². The Hall–Kier alpha value is -1.42. The zero-order chi connectivity index (χ0) is 13.0. The molecule has 0 unspecified atom stereocenters. The van der Waals surface area contributed by atoms with Gasteiger partial charge in [-0.05, 0) is 38.7 Å². The van der Waals surface area contributed by atoms with Crippen molar-refractivity contribution in [3.63, 3.8) is 0 Å². The van der Waals surface area contributed by atoms with Gasteiger partial charge in [0.25, 0.3) is 0 Å². The average Bonchev–Trinajstić information content (AvgIpc) is 2.28. The fraction of sp³-hybridized carbons (Fsp3) is 0.462. The molecule has 0 fully saturated rings. The molecular formula is C13H16ClN3O. The zero-order valence-electron chi connectivity index (χ0n) is 10.4. The van der Waals surface area contributed by atoms with E-state index in [2.05, 4.69) is 21.4 Å². The third kappa shape index (κ3) is 3.81. The van der Waals surface area contributed by atoms with Crippen molar-refractivity contribution in [2.24, 2.45) is 0 Å². The molecule has 0 bridgehead atoms. The van der Waals surface area contributed by atoms with Gasteiger partial charge in [0.2, 0.25) is 11.9 Å². The third-order valence-corrected chi connectivity index (χ3v) is 3.04. The Morgan fingerprint density at radius 2 is 2.28 bits per heavy atom. The summed E-state index contributed by atoms with van der Waals surface area (Å²) in [5, 5.41) is 3.03. The molecule has 1 aliphatic rings. The normalized spacial score (nSPS) is 15.1. The van der Waals surface area contributed by atoms with Crippen LogP contribution in [0.25, 0.3) is 0 Å². The predicted molar refractivity (Wildman–Crippen MR) is 71.6 cm³/mol. The molecule has 1 heterocycles. The fourth-order valence-electron chi connectivity index (χ4n) is 2.03. The van der Waals surface area contributed by atoms with E-state index in [-0.39, 0.29) is 11.9 Å². The Kier molecular flexibility index (Phi) is 4.31. The number of halogens is 1. The van der Waals surface area contributed by atoms with E-state index in [4.69, 9.17) is 11.6 Å². The molecular weight excluding hydrogens is 250 g/mol. The average molecular weight is 266 g/mol. The van der Waals surface area contributed by atoms with Crippen molar-refractivity contribution >= 4 is 23.5 Å². The van der Waals surface area contributed by atoms with Crippen LogP contribution in [0.1, 0.15) is 37.8 Å². The van der Waals surface area contributed by atoms with E-state index >= 15 is 0 Å². The number of aromatic nitrogens is 2. The van der Waals surface area contributed by atoms with Crippen LogP contribution in [0.4, 0.5) is 5.95 Å². The molecule has 0 saturated carbocycles. The van der Waals surface area contributed by atoms with Crippen LogP contribution in [0.5, 0.6) is 0 Å². The summed E-state index contributed by atoms with van der Waals surface area (Å²) in [5.41, 5.74) is 1.94. The van der Waals surface area contributed by atoms with Gasteiger partial charge in [-0.15, -0.1) is 0 Å². The van der Waals surface area contributed by atoms with Gasteiger partial charge in [-0.3, -0.25) is 10.1 Å². The lowest BCUT2D eigenvalue weighted by molar-refractivity contribution is -0.115. The van der Waals surface area contributed by atoms with Crippen molar-refractivity contribution in [3.8, 4) is 0 Å². The second-order valence-electron chi connectivity index (χ2n) is 4.49. The molecule has 0 spiro atoms. The highest BCUT2D eigenvalue weighted by molar-refractivity contribution is 6.29. The summed E-state index contributed by atoms with van der Waals surface area (Å²) in [6, 6.07) is 1.65. The number of nitrogens with one attached hydrogen (secondary N) is 1. The van der Waals surface area contributed by atoms with Gasteiger partial charge in [0.05, 0.1) is 0 Å². The first-order valence-corrected chi connectivity index (χ1v) is 6.50. The van der Waals surface area contributed by atoms with E-state index in [0.717, 1.165) is 18.5 Å². The SMILES string of the molecule is Cc1cc(Cl)nc(NC(=O)CC2=CCCCC2)n1. The van der Waals surface area contributed by atoms with E-state index < -0.39 is 0 Å². The van der Waals surface area contributed by atoms with E-state index in [1.165, 1.54) is 18.4 Å². The minimum atomic E-state index is -0.0789. The number of rotatable bonds is 3. The molecule has 1 aliphatic carbocycles. The molecule has 1 amide bonds. The molecule has 1 N–H and O–H groups in total. The number of hydrogen-bond acceptors (Lipinski definition) is 3. The highest BCUT2D eigenvalue weighted by Crippen LogP contribution is 2.20. The van der Waals surface area contributed by atoms with Gasteiger partial charge in [-0.1, -0.05) is 23.3 Å².